The molecule has 0 unspecified atom stereocenters. The van der Waals surface area contributed by atoms with E-state index in [1.165, 1.54) is 6.21 Å². The maximum absolute atomic E-state index is 12.3. The van der Waals surface area contributed by atoms with Gasteiger partial charge < -0.3 is 4.74 Å². The molecule has 0 aliphatic carbocycles. The molecule has 1 amide bonds. The maximum atomic E-state index is 12.3. The maximum Gasteiger partial charge on any atom is 0.260 e. The minimum atomic E-state index is -3.64. The summed E-state index contributed by atoms with van der Waals surface area (Å²) in [6.45, 7) is 3.38. The van der Waals surface area contributed by atoms with Crippen LogP contribution < -0.4 is 14.5 Å². The highest BCUT2D eigenvalue weighted by atomic mass is 32.2. The molecule has 1 fully saturated rings. The quantitative estimate of drug-likeness (QED) is 0.497. The molecule has 3 rings (SSSR count). The molecule has 0 bridgehead atoms. The second-order valence-corrected chi connectivity index (χ2v) is 10.2. The molecule has 1 aliphatic heterocycles. The monoisotopic (exact) mass is 447 g/mol. The summed E-state index contributed by atoms with van der Waals surface area (Å²) in [5.41, 5.74) is 5.43. The molecule has 160 valence electrons. The van der Waals surface area contributed by atoms with E-state index in [1.807, 2.05) is 62.0 Å². The molecule has 2 aromatic rings. The lowest BCUT2D eigenvalue weighted by Crippen LogP contribution is -2.39. The number of carbonyl (C=O) groups is 1. The number of thioether (sulfide) groups is 1. The van der Waals surface area contributed by atoms with Gasteiger partial charge in [-0.15, -0.1) is 0 Å². The number of hydrazone groups is 1. The average Bonchev–Trinajstić information content (AvgIpc) is 2.63. The molecule has 0 aromatic heterocycles. The summed E-state index contributed by atoms with van der Waals surface area (Å²) in [5, 5.41) is 3.96. The number of carbonyl (C=O) groups excluding carboxylic acids is 1. The van der Waals surface area contributed by atoms with Gasteiger partial charge >= 0.3 is 0 Å². The first-order valence-corrected chi connectivity index (χ1v) is 12.4. The summed E-state index contributed by atoms with van der Waals surface area (Å²) < 4.78 is 31.4. The Labute approximate surface area is 181 Å². The number of aryl methyl sites for hydroxylation is 2. The van der Waals surface area contributed by atoms with E-state index in [-0.39, 0.29) is 12.6 Å². The largest absolute Gasteiger partial charge is 0.489 e. The predicted molar refractivity (Wildman–Crippen MR) is 122 cm³/mol. The first kappa shape index (κ1) is 22.2. The summed E-state index contributed by atoms with van der Waals surface area (Å²) in [6, 6.07) is 12.8. The topological polar surface area (TPSA) is 88.1 Å². The lowest BCUT2D eigenvalue weighted by Gasteiger charge is -2.25. The number of nitrogens with one attached hydrogen (secondary N) is 1. The smallest absolute Gasteiger partial charge is 0.260 e. The van der Waals surface area contributed by atoms with Crippen molar-refractivity contribution in [2.24, 2.45) is 5.10 Å². The number of nitrogens with zero attached hydrogens (tertiary/aromatic N) is 2. The van der Waals surface area contributed by atoms with Crippen LogP contribution >= 0.6 is 11.8 Å². The first-order chi connectivity index (χ1) is 14.2. The zero-order valence-electron chi connectivity index (χ0n) is 17.2. The van der Waals surface area contributed by atoms with Crippen molar-refractivity contribution in [3.8, 4) is 5.75 Å². The number of rotatable bonds is 8. The summed E-state index contributed by atoms with van der Waals surface area (Å²) in [6.07, 6.45) is 2.83. The third-order valence-corrected chi connectivity index (χ3v) is 6.82. The van der Waals surface area contributed by atoms with Crippen LogP contribution in [-0.2, 0) is 14.8 Å². The van der Waals surface area contributed by atoms with Crippen molar-refractivity contribution < 1.29 is 17.9 Å². The summed E-state index contributed by atoms with van der Waals surface area (Å²) >= 11 is 1.85. The highest BCUT2D eigenvalue weighted by Gasteiger charge is 2.22. The van der Waals surface area contributed by atoms with Crippen molar-refractivity contribution in [1.29, 1.82) is 0 Å². The molecule has 1 saturated heterocycles. The molecule has 1 heterocycles. The molecule has 0 atom stereocenters. The Hall–Kier alpha value is -2.52. The molecule has 0 saturated carbocycles. The summed E-state index contributed by atoms with van der Waals surface area (Å²) in [7, 11) is -3.64. The van der Waals surface area contributed by atoms with E-state index < -0.39 is 15.9 Å². The molecule has 9 heteroatoms. The van der Waals surface area contributed by atoms with Gasteiger partial charge in [0.05, 0.1) is 18.2 Å². The summed E-state index contributed by atoms with van der Waals surface area (Å²) in [5.74, 6) is 2.21. The van der Waals surface area contributed by atoms with Crippen molar-refractivity contribution in [2.75, 3.05) is 28.6 Å². The molecule has 2 aromatic carbocycles. The fourth-order valence-electron chi connectivity index (χ4n) is 2.95. The second kappa shape index (κ2) is 9.53. The zero-order chi connectivity index (χ0) is 21.7. The van der Waals surface area contributed by atoms with E-state index in [4.69, 9.17) is 4.74 Å². The number of hydrogen-bond acceptors (Lipinski definition) is 6. The highest BCUT2D eigenvalue weighted by molar-refractivity contribution is 8.00. The average molecular weight is 448 g/mol. The van der Waals surface area contributed by atoms with Crippen molar-refractivity contribution >= 4 is 39.6 Å². The predicted octanol–water partition coefficient (Wildman–Crippen LogP) is 2.71. The van der Waals surface area contributed by atoms with Crippen molar-refractivity contribution in [3.63, 3.8) is 0 Å². The molecule has 7 nitrogen and oxygen atoms in total. The standard InChI is InChI=1S/C21H25N3O4S2/c1-15-7-8-20(16(2)9-15)24(30(3,26)27)12-21(25)23-22-11-17-5-4-6-18(10-17)28-19-13-29-14-19/h4-11,19H,12-14H2,1-3H3,(H,23,25)/b22-11-. The van der Waals surface area contributed by atoms with Gasteiger partial charge in [-0.25, -0.2) is 13.8 Å². The normalized spacial score (nSPS) is 14.4. The number of benzene rings is 2. The Morgan fingerprint density at radius 1 is 1.27 bits per heavy atom. The summed E-state index contributed by atoms with van der Waals surface area (Å²) in [4.78, 5) is 12.3. The van der Waals surface area contributed by atoms with Gasteiger partial charge in [0.25, 0.3) is 5.91 Å². The molecule has 0 radical (unpaired) electrons. The van der Waals surface area contributed by atoms with Crippen LogP contribution in [0.5, 0.6) is 5.75 Å². The van der Waals surface area contributed by atoms with Crippen LogP contribution in [0.1, 0.15) is 16.7 Å². The second-order valence-electron chi connectivity index (χ2n) is 7.20. The van der Waals surface area contributed by atoms with Crippen molar-refractivity contribution in [2.45, 2.75) is 20.0 Å². The zero-order valence-corrected chi connectivity index (χ0v) is 18.8. The van der Waals surface area contributed by atoms with E-state index >= 15 is 0 Å². The SMILES string of the molecule is Cc1ccc(N(CC(=O)N/N=C\c2cccc(OC3CSC3)c2)S(C)(=O)=O)c(C)c1. The minimum Gasteiger partial charge on any atom is -0.489 e. The molecule has 1 aliphatic rings. The van der Waals surface area contributed by atoms with E-state index in [2.05, 4.69) is 10.5 Å². The number of anilines is 1. The van der Waals surface area contributed by atoms with Crippen LogP contribution in [0, 0.1) is 13.8 Å². The van der Waals surface area contributed by atoms with E-state index in [9.17, 15) is 13.2 Å². The van der Waals surface area contributed by atoms with Crippen LogP contribution in [0.4, 0.5) is 5.69 Å². The van der Waals surface area contributed by atoms with Crippen LogP contribution in [0.3, 0.4) is 0 Å². The lowest BCUT2D eigenvalue weighted by molar-refractivity contribution is -0.119. The number of amides is 1. The van der Waals surface area contributed by atoms with Crippen molar-refractivity contribution in [1.82, 2.24) is 5.43 Å². The van der Waals surface area contributed by atoms with Gasteiger partial charge in [-0.05, 0) is 43.2 Å². The van der Waals surface area contributed by atoms with Crippen molar-refractivity contribution in [3.05, 3.63) is 59.2 Å². The van der Waals surface area contributed by atoms with E-state index in [1.54, 1.807) is 6.07 Å². The van der Waals surface area contributed by atoms with Crippen LogP contribution in [0.15, 0.2) is 47.6 Å². The first-order valence-electron chi connectivity index (χ1n) is 9.44. The fraction of sp³-hybridized carbons (Fsp3) is 0.333. The highest BCUT2D eigenvalue weighted by Crippen LogP contribution is 2.24. The van der Waals surface area contributed by atoms with Gasteiger partial charge in [0.2, 0.25) is 10.0 Å². The van der Waals surface area contributed by atoms with E-state index in [0.717, 1.165) is 44.5 Å². The Kier molecular flexibility index (Phi) is 7.04. The Morgan fingerprint density at radius 3 is 2.67 bits per heavy atom. The number of ether oxygens (including phenoxy) is 1. The minimum absolute atomic E-state index is 0.245. The molecular formula is C21H25N3O4S2. The van der Waals surface area contributed by atoms with E-state index in [0.29, 0.717) is 5.69 Å². The Bertz CT molecular complexity index is 1050. The molecule has 1 N–H and O–H groups in total. The molecular weight excluding hydrogens is 422 g/mol. The van der Waals surface area contributed by atoms with Crippen LogP contribution in [-0.4, -0.2) is 50.9 Å². The third kappa shape index (κ3) is 5.99. The number of hydrogen-bond donors (Lipinski definition) is 1. The van der Waals surface area contributed by atoms with Gasteiger partial charge in [0, 0.05) is 11.5 Å². The van der Waals surface area contributed by atoms with Gasteiger partial charge in [0.1, 0.15) is 18.4 Å². The van der Waals surface area contributed by atoms with Gasteiger partial charge in [-0.3, -0.25) is 9.10 Å². The van der Waals surface area contributed by atoms with Crippen LogP contribution in [0.2, 0.25) is 0 Å². The third-order valence-electron chi connectivity index (χ3n) is 4.48. The Morgan fingerprint density at radius 2 is 2.03 bits per heavy atom. The number of sulfonamides is 1. The van der Waals surface area contributed by atoms with Gasteiger partial charge in [-0.1, -0.05) is 29.8 Å². The molecule has 30 heavy (non-hydrogen) atoms. The van der Waals surface area contributed by atoms with Crippen LogP contribution in [0.25, 0.3) is 0 Å². The van der Waals surface area contributed by atoms with Gasteiger partial charge in [0.15, 0.2) is 0 Å². The van der Waals surface area contributed by atoms with Gasteiger partial charge in [-0.2, -0.15) is 16.9 Å². The molecule has 0 spiro atoms. The lowest BCUT2D eigenvalue weighted by atomic mass is 10.1. The fourth-order valence-corrected chi connectivity index (χ4v) is 4.43. The Balaban J connectivity index is 1.63.